The molecular weight excluding hydrogens is 254 g/mol. The first-order valence-electron chi connectivity index (χ1n) is 6.29. The molecule has 0 aliphatic rings. The number of carbonyl (C=O) groups excluding carboxylic acids is 1. The maximum absolute atomic E-state index is 11.7. The Bertz CT molecular complexity index is 586. The van der Waals surface area contributed by atoms with E-state index in [1.807, 2.05) is 31.2 Å². The monoisotopic (exact) mass is 271 g/mol. The van der Waals surface area contributed by atoms with E-state index < -0.39 is 0 Å². The number of amides is 1. The van der Waals surface area contributed by atoms with Crippen molar-refractivity contribution >= 4 is 11.6 Å². The van der Waals surface area contributed by atoms with Gasteiger partial charge in [-0.15, -0.1) is 0 Å². The Labute approximate surface area is 117 Å². The molecule has 1 aromatic carbocycles. The number of aromatic nitrogens is 1. The quantitative estimate of drug-likeness (QED) is 0.647. The summed E-state index contributed by atoms with van der Waals surface area (Å²) in [6, 6.07) is 11.2. The highest BCUT2D eigenvalue weighted by Gasteiger charge is 2.04. The predicted molar refractivity (Wildman–Crippen MR) is 78.1 cm³/mol. The molecule has 1 amide bonds. The minimum Gasteiger partial charge on any atom is -0.497 e. The zero-order valence-corrected chi connectivity index (χ0v) is 11.5. The van der Waals surface area contributed by atoms with Gasteiger partial charge in [-0.05, 0) is 36.8 Å². The van der Waals surface area contributed by atoms with Crippen molar-refractivity contribution in [2.24, 2.45) is 5.10 Å². The second-order valence-electron chi connectivity index (χ2n) is 4.40. The van der Waals surface area contributed by atoms with E-state index in [1.165, 1.54) is 0 Å². The molecule has 5 nitrogen and oxygen atoms in total. The molecule has 1 heterocycles. The number of hydrogen-bond donors (Lipinski definition) is 2. The van der Waals surface area contributed by atoms with E-state index in [4.69, 9.17) is 4.74 Å². The SMILES string of the molecule is COc1ccc(C/C(C)=N\NC(=O)c2ccc[nH]2)cc1. The number of benzene rings is 1. The molecule has 0 bridgehead atoms. The lowest BCUT2D eigenvalue weighted by Crippen LogP contribution is -2.19. The number of methoxy groups -OCH3 is 1. The maximum Gasteiger partial charge on any atom is 0.287 e. The third-order valence-electron chi connectivity index (χ3n) is 2.81. The van der Waals surface area contributed by atoms with Crippen molar-refractivity contribution in [1.82, 2.24) is 10.4 Å². The Balaban J connectivity index is 1.91. The van der Waals surface area contributed by atoms with Crippen LogP contribution in [0.15, 0.2) is 47.7 Å². The predicted octanol–water partition coefficient (Wildman–Crippen LogP) is 2.37. The molecule has 0 saturated heterocycles. The molecule has 0 fully saturated rings. The number of aromatic amines is 1. The van der Waals surface area contributed by atoms with Crippen LogP contribution in [0.2, 0.25) is 0 Å². The first-order chi connectivity index (χ1) is 9.69. The Morgan fingerprint density at radius 2 is 2.05 bits per heavy atom. The van der Waals surface area contributed by atoms with E-state index in [9.17, 15) is 4.79 Å². The van der Waals surface area contributed by atoms with Gasteiger partial charge in [0.2, 0.25) is 0 Å². The smallest absolute Gasteiger partial charge is 0.287 e. The van der Waals surface area contributed by atoms with Crippen LogP contribution in [0.5, 0.6) is 5.75 Å². The van der Waals surface area contributed by atoms with Crippen molar-refractivity contribution in [2.75, 3.05) is 7.11 Å². The fraction of sp³-hybridized carbons (Fsp3) is 0.200. The van der Waals surface area contributed by atoms with Crippen molar-refractivity contribution in [3.63, 3.8) is 0 Å². The van der Waals surface area contributed by atoms with Crippen LogP contribution in [0.25, 0.3) is 0 Å². The number of H-pyrrole nitrogens is 1. The van der Waals surface area contributed by atoms with Gasteiger partial charge >= 0.3 is 0 Å². The van der Waals surface area contributed by atoms with Gasteiger partial charge in [-0.2, -0.15) is 5.10 Å². The van der Waals surface area contributed by atoms with Crippen molar-refractivity contribution in [3.8, 4) is 5.75 Å². The average molecular weight is 271 g/mol. The molecule has 0 aliphatic heterocycles. The van der Waals surface area contributed by atoms with Gasteiger partial charge in [0.25, 0.3) is 5.91 Å². The van der Waals surface area contributed by atoms with E-state index in [-0.39, 0.29) is 5.91 Å². The van der Waals surface area contributed by atoms with Crippen LogP contribution in [0.3, 0.4) is 0 Å². The second-order valence-corrected chi connectivity index (χ2v) is 4.40. The molecule has 2 aromatic rings. The Hall–Kier alpha value is -2.56. The summed E-state index contributed by atoms with van der Waals surface area (Å²) in [6.45, 7) is 1.87. The molecule has 0 radical (unpaired) electrons. The van der Waals surface area contributed by atoms with Gasteiger partial charge in [-0.3, -0.25) is 4.79 Å². The van der Waals surface area contributed by atoms with Crippen molar-refractivity contribution in [2.45, 2.75) is 13.3 Å². The molecule has 2 rings (SSSR count). The van der Waals surface area contributed by atoms with Gasteiger partial charge in [0.15, 0.2) is 0 Å². The highest BCUT2D eigenvalue weighted by Crippen LogP contribution is 2.11. The second kappa shape index (κ2) is 6.56. The van der Waals surface area contributed by atoms with Crippen LogP contribution in [0.4, 0.5) is 0 Å². The third kappa shape index (κ3) is 3.71. The molecule has 0 saturated carbocycles. The molecule has 104 valence electrons. The number of hydrazone groups is 1. The summed E-state index contributed by atoms with van der Waals surface area (Å²) in [5.74, 6) is 0.576. The lowest BCUT2D eigenvalue weighted by atomic mass is 10.1. The van der Waals surface area contributed by atoms with Gasteiger partial charge in [-0.25, -0.2) is 5.43 Å². The minimum absolute atomic E-state index is 0.246. The maximum atomic E-state index is 11.7. The van der Waals surface area contributed by atoms with Gasteiger partial charge in [-0.1, -0.05) is 12.1 Å². The number of rotatable bonds is 5. The molecule has 1 aromatic heterocycles. The molecule has 0 unspecified atom stereocenters. The van der Waals surface area contributed by atoms with Crippen LogP contribution in [-0.4, -0.2) is 23.7 Å². The van der Waals surface area contributed by atoms with E-state index in [2.05, 4.69) is 15.5 Å². The fourth-order valence-corrected chi connectivity index (χ4v) is 1.76. The van der Waals surface area contributed by atoms with Gasteiger partial charge in [0, 0.05) is 18.3 Å². The standard InChI is InChI=1S/C15H17N3O2/c1-11(10-12-5-7-13(20-2)8-6-12)17-18-15(19)14-4-3-9-16-14/h3-9,16H,10H2,1-2H3,(H,18,19)/b17-11-. The van der Waals surface area contributed by atoms with Crippen molar-refractivity contribution in [1.29, 1.82) is 0 Å². The van der Waals surface area contributed by atoms with Gasteiger partial charge < -0.3 is 9.72 Å². The zero-order chi connectivity index (χ0) is 14.4. The fourth-order valence-electron chi connectivity index (χ4n) is 1.76. The molecule has 20 heavy (non-hydrogen) atoms. The summed E-state index contributed by atoms with van der Waals surface area (Å²) in [6.07, 6.45) is 2.37. The van der Waals surface area contributed by atoms with E-state index in [0.717, 1.165) is 17.0 Å². The largest absolute Gasteiger partial charge is 0.497 e. The average Bonchev–Trinajstić information content (AvgIpc) is 3.00. The Morgan fingerprint density at radius 3 is 2.65 bits per heavy atom. The van der Waals surface area contributed by atoms with Crippen molar-refractivity contribution < 1.29 is 9.53 Å². The van der Waals surface area contributed by atoms with Crippen molar-refractivity contribution in [3.05, 3.63) is 53.9 Å². The zero-order valence-electron chi connectivity index (χ0n) is 11.5. The summed E-state index contributed by atoms with van der Waals surface area (Å²) in [5, 5.41) is 4.08. The summed E-state index contributed by atoms with van der Waals surface area (Å²) in [4.78, 5) is 14.5. The first-order valence-corrected chi connectivity index (χ1v) is 6.29. The lowest BCUT2D eigenvalue weighted by Gasteiger charge is -2.04. The molecule has 0 atom stereocenters. The summed E-state index contributed by atoms with van der Waals surface area (Å²) < 4.78 is 5.10. The lowest BCUT2D eigenvalue weighted by molar-refractivity contribution is 0.0950. The normalized spacial score (nSPS) is 11.2. The topological polar surface area (TPSA) is 66.5 Å². The van der Waals surface area contributed by atoms with E-state index in [1.54, 1.807) is 25.4 Å². The molecule has 2 N–H and O–H groups in total. The summed E-state index contributed by atoms with van der Waals surface area (Å²) in [7, 11) is 1.64. The molecular formula is C15H17N3O2. The summed E-state index contributed by atoms with van der Waals surface area (Å²) in [5.41, 5.74) is 4.95. The molecule has 0 spiro atoms. The Morgan fingerprint density at radius 1 is 1.30 bits per heavy atom. The number of nitrogens with one attached hydrogen (secondary N) is 2. The number of ether oxygens (including phenoxy) is 1. The van der Waals surface area contributed by atoms with Crippen LogP contribution in [0.1, 0.15) is 23.0 Å². The molecule has 0 aliphatic carbocycles. The molecule has 5 heteroatoms. The van der Waals surface area contributed by atoms with Crippen LogP contribution < -0.4 is 10.2 Å². The van der Waals surface area contributed by atoms with Crippen LogP contribution >= 0.6 is 0 Å². The number of carbonyl (C=O) groups is 1. The highest BCUT2D eigenvalue weighted by molar-refractivity contribution is 5.93. The number of hydrogen-bond acceptors (Lipinski definition) is 3. The third-order valence-corrected chi connectivity index (χ3v) is 2.81. The van der Waals surface area contributed by atoms with Crippen LogP contribution in [-0.2, 0) is 6.42 Å². The first kappa shape index (κ1) is 13.9. The summed E-state index contributed by atoms with van der Waals surface area (Å²) >= 11 is 0. The van der Waals surface area contributed by atoms with Crippen LogP contribution in [0, 0.1) is 0 Å². The highest BCUT2D eigenvalue weighted by atomic mass is 16.5. The number of nitrogens with zero attached hydrogens (tertiary/aromatic N) is 1. The van der Waals surface area contributed by atoms with Gasteiger partial charge in [0.1, 0.15) is 11.4 Å². The van der Waals surface area contributed by atoms with Gasteiger partial charge in [0.05, 0.1) is 7.11 Å². The van der Waals surface area contributed by atoms with E-state index >= 15 is 0 Å². The van der Waals surface area contributed by atoms with E-state index in [0.29, 0.717) is 12.1 Å². The minimum atomic E-state index is -0.246. The Kier molecular flexibility index (Phi) is 4.55.